The highest BCUT2D eigenvalue weighted by Gasteiger charge is 2.12. The average Bonchev–Trinajstić information content (AvgIpc) is 2.50. The quantitative estimate of drug-likeness (QED) is 0.113. The van der Waals surface area contributed by atoms with Gasteiger partial charge in [0.2, 0.25) is 6.04 Å². The third-order valence-corrected chi connectivity index (χ3v) is 3.31. The van der Waals surface area contributed by atoms with Crippen molar-refractivity contribution in [3.05, 3.63) is 46.6 Å². The minimum atomic E-state index is -0.651. The summed E-state index contributed by atoms with van der Waals surface area (Å²) in [6.45, 7) is 2.16. The maximum absolute atomic E-state index is 11.0. The third-order valence-electron chi connectivity index (χ3n) is 3.31. The number of nitrogens with zero attached hydrogens (tertiary/aromatic N) is 1. The summed E-state index contributed by atoms with van der Waals surface area (Å²) in [6, 6.07) is -0.651. The summed E-state index contributed by atoms with van der Waals surface area (Å²) in [7, 11) is 0. The molecule has 0 N–H and O–H groups in total. The number of hydrogen-bond acceptors (Lipinski definition) is 3. The molecule has 0 spiro atoms. The summed E-state index contributed by atoms with van der Waals surface area (Å²) in [5.74, 6) is 0. The van der Waals surface area contributed by atoms with E-state index in [1.165, 1.54) is 12.8 Å². The van der Waals surface area contributed by atoms with E-state index in [2.05, 4.69) is 6.92 Å². The van der Waals surface area contributed by atoms with Gasteiger partial charge in [-0.3, -0.25) is 10.1 Å². The molecule has 4 nitrogen and oxygen atoms in total. The fraction of sp³-hybridized carbons (Fsp3) is 0.611. The Morgan fingerprint density at radius 1 is 0.955 bits per heavy atom. The number of unbranched alkanes of at least 4 members (excludes halogenated alkanes) is 6. The second-order valence-electron chi connectivity index (χ2n) is 5.32. The zero-order chi connectivity index (χ0) is 16.5. The SMILES string of the molecule is CCCCC/C=C\CC(/C=C/C=C\CCCCC=O)[N+](=O)[O-]. The van der Waals surface area contributed by atoms with Gasteiger partial charge in [-0.2, -0.15) is 0 Å². The number of carbonyl (C=O) groups is 1. The Balaban J connectivity index is 3.97. The first-order chi connectivity index (χ1) is 10.7. The van der Waals surface area contributed by atoms with Crippen molar-refractivity contribution in [2.75, 3.05) is 0 Å². The van der Waals surface area contributed by atoms with Crippen molar-refractivity contribution in [2.45, 2.75) is 70.8 Å². The number of hydrogen-bond donors (Lipinski definition) is 0. The van der Waals surface area contributed by atoms with Crippen LogP contribution in [0.25, 0.3) is 0 Å². The molecule has 1 atom stereocenters. The molecule has 22 heavy (non-hydrogen) atoms. The Hall–Kier alpha value is -1.71. The standard InChI is InChI=1S/C18H29NO3/c1-2-3-4-5-9-12-15-18(19(21)22)16-13-10-7-6-8-11-14-17-20/h7,9-10,12-13,16-18H,2-6,8,11,14-15H2,1H3/b10-7-,12-9-,16-13+. The summed E-state index contributed by atoms with van der Waals surface area (Å²) in [6.07, 6.45) is 20.5. The molecule has 1 unspecified atom stereocenters. The van der Waals surface area contributed by atoms with E-state index in [1.807, 2.05) is 24.3 Å². The van der Waals surface area contributed by atoms with Gasteiger partial charge < -0.3 is 4.79 Å². The number of rotatable bonds is 14. The summed E-state index contributed by atoms with van der Waals surface area (Å²) >= 11 is 0. The Morgan fingerprint density at radius 3 is 2.32 bits per heavy atom. The van der Waals surface area contributed by atoms with Crippen LogP contribution in [0.2, 0.25) is 0 Å². The smallest absolute Gasteiger partial charge is 0.234 e. The van der Waals surface area contributed by atoms with E-state index in [4.69, 9.17) is 0 Å². The molecule has 0 aromatic carbocycles. The molecule has 124 valence electrons. The van der Waals surface area contributed by atoms with E-state index in [0.29, 0.717) is 12.8 Å². The summed E-state index contributed by atoms with van der Waals surface area (Å²) < 4.78 is 0. The van der Waals surface area contributed by atoms with Gasteiger partial charge >= 0.3 is 0 Å². The molecular formula is C18H29NO3. The molecule has 0 aromatic rings. The molecule has 0 saturated heterocycles. The zero-order valence-corrected chi connectivity index (χ0v) is 13.7. The van der Waals surface area contributed by atoms with Crippen molar-refractivity contribution >= 4 is 6.29 Å². The van der Waals surface area contributed by atoms with Gasteiger partial charge in [0, 0.05) is 17.8 Å². The topological polar surface area (TPSA) is 60.2 Å². The van der Waals surface area contributed by atoms with Crippen molar-refractivity contribution in [2.24, 2.45) is 0 Å². The fourth-order valence-electron chi connectivity index (χ4n) is 1.96. The monoisotopic (exact) mass is 307 g/mol. The van der Waals surface area contributed by atoms with E-state index in [1.54, 1.807) is 12.2 Å². The molecule has 0 rings (SSSR count). The van der Waals surface area contributed by atoms with E-state index in [9.17, 15) is 14.9 Å². The van der Waals surface area contributed by atoms with Crippen molar-refractivity contribution < 1.29 is 9.72 Å². The van der Waals surface area contributed by atoms with Gasteiger partial charge in [0.15, 0.2) is 0 Å². The predicted octanol–water partition coefficient (Wildman–Crippen LogP) is 5.03. The van der Waals surface area contributed by atoms with Gasteiger partial charge in [0.25, 0.3) is 0 Å². The van der Waals surface area contributed by atoms with E-state index in [0.717, 1.165) is 38.4 Å². The first-order valence-corrected chi connectivity index (χ1v) is 8.27. The van der Waals surface area contributed by atoms with Gasteiger partial charge in [0.05, 0.1) is 0 Å². The van der Waals surface area contributed by atoms with Crippen LogP contribution in [-0.4, -0.2) is 17.3 Å². The number of allylic oxidation sites excluding steroid dienone is 4. The average molecular weight is 307 g/mol. The van der Waals surface area contributed by atoms with Crippen LogP contribution in [0.5, 0.6) is 0 Å². The lowest BCUT2D eigenvalue weighted by atomic mass is 10.1. The molecule has 0 heterocycles. The maximum atomic E-state index is 11.0. The molecular weight excluding hydrogens is 278 g/mol. The molecule has 0 aliphatic rings. The van der Waals surface area contributed by atoms with Crippen LogP contribution in [-0.2, 0) is 4.79 Å². The zero-order valence-electron chi connectivity index (χ0n) is 13.7. The van der Waals surface area contributed by atoms with Gasteiger partial charge in [-0.15, -0.1) is 0 Å². The van der Waals surface area contributed by atoms with Crippen molar-refractivity contribution in [1.29, 1.82) is 0 Å². The molecule has 4 heteroatoms. The molecule has 0 bridgehead atoms. The maximum Gasteiger partial charge on any atom is 0.234 e. The Bertz CT molecular complexity index is 373. The first kappa shape index (κ1) is 20.3. The van der Waals surface area contributed by atoms with E-state index < -0.39 is 6.04 Å². The minimum Gasteiger partial charge on any atom is -0.303 e. The number of carbonyl (C=O) groups excluding carboxylic acids is 1. The minimum absolute atomic E-state index is 0.245. The van der Waals surface area contributed by atoms with Crippen molar-refractivity contribution in [1.82, 2.24) is 0 Å². The van der Waals surface area contributed by atoms with Gasteiger partial charge in [-0.05, 0) is 38.2 Å². The van der Waals surface area contributed by atoms with Crippen LogP contribution in [0, 0.1) is 10.1 Å². The molecule has 0 aliphatic carbocycles. The number of nitro groups is 1. The molecule has 0 amide bonds. The van der Waals surface area contributed by atoms with Gasteiger partial charge in [-0.25, -0.2) is 0 Å². The highest BCUT2D eigenvalue weighted by Crippen LogP contribution is 2.05. The third kappa shape index (κ3) is 13.3. The molecule has 0 fully saturated rings. The van der Waals surface area contributed by atoms with Crippen LogP contribution in [0.3, 0.4) is 0 Å². The van der Waals surface area contributed by atoms with Crippen LogP contribution in [0.15, 0.2) is 36.5 Å². The molecule has 0 aliphatic heterocycles. The van der Waals surface area contributed by atoms with Crippen LogP contribution < -0.4 is 0 Å². The predicted molar refractivity (Wildman–Crippen MR) is 91.5 cm³/mol. The molecule has 0 saturated carbocycles. The fourth-order valence-corrected chi connectivity index (χ4v) is 1.96. The number of aldehydes is 1. The Morgan fingerprint density at radius 2 is 1.64 bits per heavy atom. The lowest BCUT2D eigenvalue weighted by molar-refractivity contribution is -0.508. The van der Waals surface area contributed by atoms with Crippen molar-refractivity contribution in [3.63, 3.8) is 0 Å². The summed E-state index contributed by atoms with van der Waals surface area (Å²) in [4.78, 5) is 20.9. The lowest BCUT2D eigenvalue weighted by Gasteiger charge is -2.00. The Labute approximate surface area is 134 Å². The normalized spacial score (nSPS) is 13.3. The van der Waals surface area contributed by atoms with Crippen LogP contribution in [0.4, 0.5) is 0 Å². The largest absolute Gasteiger partial charge is 0.303 e. The summed E-state index contributed by atoms with van der Waals surface area (Å²) in [5.41, 5.74) is 0. The van der Waals surface area contributed by atoms with E-state index in [-0.39, 0.29) is 4.92 Å². The highest BCUT2D eigenvalue weighted by molar-refractivity contribution is 5.48. The summed E-state index contributed by atoms with van der Waals surface area (Å²) in [5, 5.41) is 11.0. The van der Waals surface area contributed by atoms with Gasteiger partial charge in [0.1, 0.15) is 6.29 Å². The second-order valence-corrected chi connectivity index (χ2v) is 5.32. The molecule has 0 radical (unpaired) electrons. The molecule has 0 aromatic heterocycles. The lowest BCUT2D eigenvalue weighted by Crippen LogP contribution is -2.15. The second kappa shape index (κ2) is 15.7. The Kier molecular flexibility index (Phi) is 14.5. The van der Waals surface area contributed by atoms with Crippen LogP contribution >= 0.6 is 0 Å². The van der Waals surface area contributed by atoms with Crippen molar-refractivity contribution in [3.8, 4) is 0 Å². The highest BCUT2D eigenvalue weighted by atomic mass is 16.6. The van der Waals surface area contributed by atoms with E-state index >= 15 is 0 Å². The van der Waals surface area contributed by atoms with Crippen LogP contribution in [0.1, 0.15) is 64.7 Å². The van der Waals surface area contributed by atoms with Gasteiger partial charge in [-0.1, -0.05) is 50.1 Å². The first-order valence-electron chi connectivity index (χ1n) is 8.27.